The second-order valence-electron chi connectivity index (χ2n) is 5.47. The van der Waals surface area contributed by atoms with E-state index in [0.29, 0.717) is 0 Å². The van der Waals surface area contributed by atoms with Gasteiger partial charge in [-0.1, -0.05) is 6.07 Å². The Labute approximate surface area is 113 Å². The highest BCUT2D eigenvalue weighted by molar-refractivity contribution is 5.72. The van der Waals surface area contributed by atoms with Crippen molar-refractivity contribution in [1.29, 1.82) is 0 Å². The van der Waals surface area contributed by atoms with Crippen LogP contribution in [0.4, 0.5) is 0 Å². The van der Waals surface area contributed by atoms with Crippen molar-refractivity contribution in [3.05, 3.63) is 30.2 Å². The molecule has 1 unspecified atom stereocenters. The predicted molar refractivity (Wildman–Crippen MR) is 76.0 cm³/mol. The van der Waals surface area contributed by atoms with Gasteiger partial charge in [0.1, 0.15) is 5.52 Å². The van der Waals surface area contributed by atoms with Gasteiger partial charge in [0.2, 0.25) is 0 Å². The fourth-order valence-electron chi connectivity index (χ4n) is 2.77. The van der Waals surface area contributed by atoms with Crippen molar-refractivity contribution in [3.63, 3.8) is 0 Å². The van der Waals surface area contributed by atoms with Crippen molar-refractivity contribution >= 4 is 11.1 Å². The minimum atomic E-state index is 0.721. The SMILES string of the molecule is CN(CCC1CCCN1)Cc1ccc2ncoc2c1. The molecule has 1 atom stereocenters. The van der Waals surface area contributed by atoms with Crippen LogP contribution in [0.15, 0.2) is 29.0 Å². The molecular formula is C15H21N3O. The molecule has 2 aromatic rings. The molecule has 0 saturated carbocycles. The van der Waals surface area contributed by atoms with Gasteiger partial charge < -0.3 is 14.6 Å². The van der Waals surface area contributed by atoms with Crippen molar-refractivity contribution in [2.45, 2.75) is 31.8 Å². The van der Waals surface area contributed by atoms with Gasteiger partial charge in [-0.2, -0.15) is 0 Å². The fraction of sp³-hybridized carbons (Fsp3) is 0.533. The lowest BCUT2D eigenvalue weighted by Gasteiger charge is -2.19. The number of benzene rings is 1. The molecule has 4 nitrogen and oxygen atoms in total. The van der Waals surface area contributed by atoms with Crippen LogP contribution < -0.4 is 5.32 Å². The van der Waals surface area contributed by atoms with Gasteiger partial charge in [0.05, 0.1) is 0 Å². The van der Waals surface area contributed by atoms with Crippen molar-refractivity contribution in [2.75, 3.05) is 20.1 Å². The van der Waals surface area contributed by atoms with E-state index in [1.807, 2.05) is 6.07 Å². The maximum atomic E-state index is 5.34. The summed E-state index contributed by atoms with van der Waals surface area (Å²) in [5.74, 6) is 0. The first-order valence-corrected chi connectivity index (χ1v) is 7.05. The topological polar surface area (TPSA) is 41.3 Å². The quantitative estimate of drug-likeness (QED) is 0.895. The van der Waals surface area contributed by atoms with Gasteiger partial charge in [0.25, 0.3) is 0 Å². The standard InChI is InChI=1S/C15H21N3O/c1-18(8-6-13-3-2-7-16-13)10-12-4-5-14-15(9-12)19-11-17-14/h4-5,9,11,13,16H,2-3,6-8,10H2,1H3. The summed E-state index contributed by atoms with van der Waals surface area (Å²) in [6, 6.07) is 6.97. The first-order valence-electron chi connectivity index (χ1n) is 7.05. The zero-order valence-electron chi connectivity index (χ0n) is 11.4. The summed E-state index contributed by atoms with van der Waals surface area (Å²) in [6.45, 7) is 3.28. The Morgan fingerprint density at radius 2 is 2.42 bits per heavy atom. The van der Waals surface area contributed by atoms with Gasteiger partial charge in [0.15, 0.2) is 12.0 Å². The fourth-order valence-corrected chi connectivity index (χ4v) is 2.77. The molecule has 3 rings (SSSR count). The highest BCUT2D eigenvalue weighted by Gasteiger charge is 2.14. The lowest BCUT2D eigenvalue weighted by molar-refractivity contribution is 0.305. The van der Waals surface area contributed by atoms with E-state index in [1.54, 1.807) is 0 Å². The van der Waals surface area contributed by atoms with Crippen LogP contribution in [0.2, 0.25) is 0 Å². The van der Waals surface area contributed by atoms with Crippen LogP contribution in [0.3, 0.4) is 0 Å². The number of aromatic nitrogens is 1. The number of fused-ring (bicyclic) bond motifs is 1. The Bertz CT molecular complexity index is 531. The molecule has 0 spiro atoms. The number of oxazole rings is 1. The van der Waals surface area contributed by atoms with Crippen molar-refractivity contribution in [1.82, 2.24) is 15.2 Å². The summed E-state index contributed by atoms with van der Waals surface area (Å²) >= 11 is 0. The van der Waals surface area contributed by atoms with Crippen LogP contribution >= 0.6 is 0 Å². The minimum absolute atomic E-state index is 0.721. The van der Waals surface area contributed by atoms with Gasteiger partial charge in [-0.15, -0.1) is 0 Å². The number of rotatable bonds is 5. The average molecular weight is 259 g/mol. The molecule has 0 aliphatic carbocycles. The molecule has 4 heteroatoms. The maximum absolute atomic E-state index is 5.34. The average Bonchev–Trinajstić information content (AvgIpc) is 3.07. The second-order valence-corrected chi connectivity index (χ2v) is 5.47. The van der Waals surface area contributed by atoms with Gasteiger partial charge in [0, 0.05) is 12.6 Å². The van der Waals surface area contributed by atoms with E-state index in [9.17, 15) is 0 Å². The smallest absolute Gasteiger partial charge is 0.181 e. The molecule has 1 aromatic heterocycles. The molecule has 1 aromatic carbocycles. The number of hydrogen-bond acceptors (Lipinski definition) is 4. The Balaban J connectivity index is 1.54. The van der Waals surface area contributed by atoms with Crippen molar-refractivity contribution in [2.24, 2.45) is 0 Å². The molecule has 0 bridgehead atoms. The largest absolute Gasteiger partial charge is 0.443 e. The molecule has 2 heterocycles. The Hall–Kier alpha value is -1.39. The molecule has 1 saturated heterocycles. The Morgan fingerprint density at radius 1 is 1.47 bits per heavy atom. The van der Waals surface area contributed by atoms with E-state index in [4.69, 9.17) is 4.42 Å². The van der Waals surface area contributed by atoms with Crippen LogP contribution in [0.1, 0.15) is 24.8 Å². The molecule has 19 heavy (non-hydrogen) atoms. The first kappa shape index (κ1) is 12.6. The van der Waals surface area contributed by atoms with E-state index in [0.717, 1.165) is 30.2 Å². The molecule has 0 radical (unpaired) electrons. The van der Waals surface area contributed by atoms with Crippen molar-refractivity contribution < 1.29 is 4.42 Å². The summed E-state index contributed by atoms with van der Waals surface area (Å²) in [4.78, 5) is 6.51. The number of nitrogens with one attached hydrogen (secondary N) is 1. The normalized spacial score (nSPS) is 19.6. The van der Waals surface area contributed by atoms with E-state index in [-0.39, 0.29) is 0 Å². The summed E-state index contributed by atoms with van der Waals surface area (Å²) in [7, 11) is 2.18. The van der Waals surface area contributed by atoms with Gasteiger partial charge >= 0.3 is 0 Å². The predicted octanol–water partition coefficient (Wildman–Crippen LogP) is 2.40. The van der Waals surface area contributed by atoms with Crippen molar-refractivity contribution in [3.8, 4) is 0 Å². The van der Waals surface area contributed by atoms with E-state index in [1.165, 1.54) is 37.8 Å². The highest BCUT2D eigenvalue weighted by atomic mass is 16.3. The van der Waals surface area contributed by atoms with Crippen LogP contribution in [0, 0.1) is 0 Å². The summed E-state index contributed by atoms with van der Waals surface area (Å²) in [5.41, 5.74) is 3.09. The zero-order valence-corrected chi connectivity index (χ0v) is 11.4. The molecule has 1 fully saturated rings. The molecule has 1 aliphatic rings. The highest BCUT2D eigenvalue weighted by Crippen LogP contribution is 2.16. The molecule has 102 valence electrons. The Morgan fingerprint density at radius 3 is 3.26 bits per heavy atom. The van der Waals surface area contributed by atoms with E-state index >= 15 is 0 Å². The monoisotopic (exact) mass is 259 g/mol. The summed E-state index contributed by atoms with van der Waals surface area (Å²) < 4.78 is 5.34. The van der Waals surface area contributed by atoms with Gasteiger partial charge in [-0.05, 0) is 57.1 Å². The zero-order chi connectivity index (χ0) is 13.1. The minimum Gasteiger partial charge on any atom is -0.443 e. The van der Waals surface area contributed by atoms with Crippen LogP contribution in [-0.2, 0) is 6.54 Å². The second kappa shape index (κ2) is 5.72. The van der Waals surface area contributed by atoms with Gasteiger partial charge in [-0.3, -0.25) is 0 Å². The van der Waals surface area contributed by atoms with E-state index < -0.39 is 0 Å². The number of nitrogens with zero attached hydrogens (tertiary/aromatic N) is 2. The van der Waals surface area contributed by atoms with Gasteiger partial charge in [-0.25, -0.2) is 4.98 Å². The molecule has 1 aliphatic heterocycles. The van der Waals surface area contributed by atoms with Crippen LogP contribution in [-0.4, -0.2) is 36.1 Å². The first-order chi connectivity index (χ1) is 9.31. The third kappa shape index (κ3) is 3.14. The maximum Gasteiger partial charge on any atom is 0.181 e. The summed E-state index contributed by atoms with van der Waals surface area (Å²) in [5, 5.41) is 3.55. The van der Waals surface area contributed by atoms with E-state index in [2.05, 4.69) is 34.4 Å². The molecular weight excluding hydrogens is 238 g/mol. The third-order valence-corrected chi connectivity index (χ3v) is 3.87. The third-order valence-electron chi connectivity index (χ3n) is 3.87. The lowest BCUT2D eigenvalue weighted by Crippen LogP contribution is -2.28. The molecule has 0 amide bonds. The summed E-state index contributed by atoms with van der Waals surface area (Å²) in [6.07, 6.45) is 5.40. The van der Waals surface area contributed by atoms with Crippen LogP contribution in [0.5, 0.6) is 0 Å². The lowest BCUT2D eigenvalue weighted by atomic mass is 10.1. The number of hydrogen-bond donors (Lipinski definition) is 1. The molecule has 1 N–H and O–H groups in total. The van der Waals surface area contributed by atoms with Crippen LogP contribution in [0.25, 0.3) is 11.1 Å². The Kier molecular flexibility index (Phi) is 3.80.